The molecule has 194 valence electrons. The zero-order valence-electron chi connectivity index (χ0n) is 21.9. The molecule has 35 heavy (non-hydrogen) atoms. The molecule has 1 unspecified atom stereocenters. The molecule has 7 nitrogen and oxygen atoms in total. The standard InChI is InChI=1S/C26H39FN4O3S/c1-8-14-31(15-9-2)24-20(11-13-23(29-24)26(4,5)6)17-28-25(32)18(3)19-10-12-22(21(27)16-19)30-35(7,33)34/h10-13,16,18,30H,8-9,14-15,17H2,1-7H3,(H,28,32). The molecule has 0 aliphatic rings. The maximum absolute atomic E-state index is 14.4. The molecule has 0 spiro atoms. The molecular weight excluding hydrogens is 467 g/mol. The number of nitrogens with one attached hydrogen (secondary N) is 2. The van der Waals surface area contributed by atoms with Crippen LogP contribution in [-0.4, -0.2) is 38.7 Å². The van der Waals surface area contributed by atoms with Crippen LogP contribution in [0.2, 0.25) is 0 Å². The number of rotatable bonds is 11. The van der Waals surface area contributed by atoms with Crippen LogP contribution in [0.3, 0.4) is 0 Å². The summed E-state index contributed by atoms with van der Waals surface area (Å²) in [6, 6.07) is 8.10. The van der Waals surface area contributed by atoms with Gasteiger partial charge in [-0.1, -0.05) is 46.8 Å². The minimum absolute atomic E-state index is 0.0999. The Morgan fingerprint density at radius 3 is 2.26 bits per heavy atom. The van der Waals surface area contributed by atoms with Crippen LogP contribution in [0.15, 0.2) is 30.3 Å². The van der Waals surface area contributed by atoms with Crippen LogP contribution in [0, 0.1) is 5.82 Å². The normalized spacial score (nSPS) is 12.8. The first-order chi connectivity index (χ1) is 16.3. The first-order valence-electron chi connectivity index (χ1n) is 12.1. The number of amides is 1. The molecule has 2 aromatic rings. The van der Waals surface area contributed by atoms with Crippen LogP contribution in [0.4, 0.5) is 15.9 Å². The third-order valence-electron chi connectivity index (χ3n) is 5.65. The molecule has 0 fully saturated rings. The predicted molar refractivity (Wildman–Crippen MR) is 141 cm³/mol. The molecular formula is C26H39FN4O3S. The van der Waals surface area contributed by atoms with E-state index in [0.29, 0.717) is 12.1 Å². The van der Waals surface area contributed by atoms with Crippen LogP contribution in [0.5, 0.6) is 0 Å². The number of pyridine rings is 1. The summed E-state index contributed by atoms with van der Waals surface area (Å²) in [7, 11) is -3.60. The molecule has 0 aliphatic heterocycles. The van der Waals surface area contributed by atoms with E-state index in [0.717, 1.165) is 49.3 Å². The van der Waals surface area contributed by atoms with Crippen molar-refractivity contribution in [3.63, 3.8) is 0 Å². The van der Waals surface area contributed by atoms with E-state index in [1.807, 2.05) is 12.1 Å². The van der Waals surface area contributed by atoms with Gasteiger partial charge in [0.15, 0.2) is 0 Å². The predicted octanol–water partition coefficient (Wildman–Crippen LogP) is 4.94. The van der Waals surface area contributed by atoms with Crippen LogP contribution in [0.1, 0.15) is 77.1 Å². The number of sulfonamides is 1. The van der Waals surface area contributed by atoms with Gasteiger partial charge in [0.25, 0.3) is 0 Å². The molecule has 1 heterocycles. The van der Waals surface area contributed by atoms with Gasteiger partial charge in [0.2, 0.25) is 15.9 Å². The lowest BCUT2D eigenvalue weighted by atomic mass is 9.91. The highest BCUT2D eigenvalue weighted by Crippen LogP contribution is 2.27. The number of hydrogen-bond acceptors (Lipinski definition) is 5. The maximum atomic E-state index is 14.4. The lowest BCUT2D eigenvalue weighted by Gasteiger charge is -2.28. The summed E-state index contributed by atoms with van der Waals surface area (Å²) in [6.45, 7) is 14.4. The van der Waals surface area contributed by atoms with E-state index in [1.165, 1.54) is 12.1 Å². The monoisotopic (exact) mass is 506 g/mol. The summed E-state index contributed by atoms with van der Waals surface area (Å²) < 4.78 is 39.3. The van der Waals surface area contributed by atoms with E-state index < -0.39 is 21.8 Å². The fraction of sp³-hybridized carbons (Fsp3) is 0.538. The van der Waals surface area contributed by atoms with Gasteiger partial charge in [-0.3, -0.25) is 9.52 Å². The van der Waals surface area contributed by atoms with E-state index in [9.17, 15) is 17.6 Å². The van der Waals surface area contributed by atoms with Crippen molar-refractivity contribution in [2.45, 2.75) is 72.3 Å². The fourth-order valence-electron chi connectivity index (χ4n) is 3.74. The average molecular weight is 507 g/mol. The summed E-state index contributed by atoms with van der Waals surface area (Å²) in [5, 5.41) is 2.97. The maximum Gasteiger partial charge on any atom is 0.229 e. The van der Waals surface area contributed by atoms with Gasteiger partial charge in [-0.25, -0.2) is 17.8 Å². The van der Waals surface area contributed by atoms with Gasteiger partial charge < -0.3 is 10.2 Å². The van der Waals surface area contributed by atoms with E-state index >= 15 is 0 Å². The quantitative estimate of drug-likeness (QED) is 0.451. The Bertz CT molecular complexity index is 1120. The van der Waals surface area contributed by atoms with Gasteiger partial charge in [-0.05, 0) is 43.5 Å². The molecule has 9 heteroatoms. The van der Waals surface area contributed by atoms with Crippen molar-refractivity contribution in [2.24, 2.45) is 0 Å². The second-order valence-corrected chi connectivity index (χ2v) is 11.7. The highest BCUT2D eigenvalue weighted by Gasteiger charge is 2.22. The highest BCUT2D eigenvalue weighted by molar-refractivity contribution is 7.92. The van der Waals surface area contributed by atoms with E-state index in [1.54, 1.807) is 13.0 Å². The number of aromatic nitrogens is 1. The third kappa shape index (κ3) is 8.19. The van der Waals surface area contributed by atoms with Gasteiger partial charge in [0.05, 0.1) is 17.9 Å². The lowest BCUT2D eigenvalue weighted by Crippen LogP contribution is -2.31. The smallest absolute Gasteiger partial charge is 0.229 e. The molecule has 1 aromatic carbocycles. The highest BCUT2D eigenvalue weighted by atomic mass is 32.2. The van der Waals surface area contributed by atoms with E-state index in [4.69, 9.17) is 4.98 Å². The van der Waals surface area contributed by atoms with Gasteiger partial charge in [-0.15, -0.1) is 0 Å². The molecule has 1 aromatic heterocycles. The summed E-state index contributed by atoms with van der Waals surface area (Å²) in [6.07, 6.45) is 2.93. The molecule has 0 saturated heterocycles. The van der Waals surface area contributed by atoms with Gasteiger partial charge in [0.1, 0.15) is 11.6 Å². The first kappa shape index (κ1) is 28.6. The number of carbonyl (C=O) groups is 1. The Hall–Kier alpha value is -2.68. The molecule has 2 rings (SSSR count). The Morgan fingerprint density at radius 1 is 1.11 bits per heavy atom. The number of hydrogen-bond donors (Lipinski definition) is 2. The van der Waals surface area contributed by atoms with Crippen LogP contribution >= 0.6 is 0 Å². The second-order valence-electron chi connectivity index (χ2n) is 9.97. The van der Waals surface area contributed by atoms with Gasteiger partial charge in [-0.2, -0.15) is 0 Å². The second kappa shape index (κ2) is 11.8. The Balaban J connectivity index is 2.24. The first-order valence-corrected chi connectivity index (χ1v) is 14.0. The average Bonchev–Trinajstić information content (AvgIpc) is 2.76. The zero-order chi connectivity index (χ0) is 26.4. The minimum atomic E-state index is -3.60. The number of carbonyl (C=O) groups excluding carboxylic acids is 1. The van der Waals surface area contributed by atoms with Crippen molar-refractivity contribution in [1.82, 2.24) is 10.3 Å². The molecule has 1 atom stereocenters. The largest absolute Gasteiger partial charge is 0.356 e. The summed E-state index contributed by atoms with van der Waals surface area (Å²) in [5.74, 6) is -0.719. The molecule has 0 saturated carbocycles. The lowest BCUT2D eigenvalue weighted by molar-refractivity contribution is -0.122. The van der Waals surface area contributed by atoms with Crippen molar-refractivity contribution in [3.05, 3.63) is 53.0 Å². The van der Waals surface area contributed by atoms with Crippen molar-refractivity contribution >= 4 is 27.4 Å². The third-order valence-corrected chi connectivity index (χ3v) is 6.24. The topological polar surface area (TPSA) is 91.4 Å². The van der Waals surface area contributed by atoms with Gasteiger partial charge >= 0.3 is 0 Å². The number of halogens is 1. The number of benzene rings is 1. The summed E-state index contributed by atoms with van der Waals surface area (Å²) in [5.41, 5.74) is 2.13. The van der Waals surface area contributed by atoms with E-state index in [-0.39, 0.29) is 17.0 Å². The van der Waals surface area contributed by atoms with E-state index in [2.05, 4.69) is 49.6 Å². The Kier molecular flexibility index (Phi) is 9.66. The number of anilines is 2. The van der Waals surface area contributed by atoms with Crippen molar-refractivity contribution < 1.29 is 17.6 Å². The Morgan fingerprint density at radius 2 is 1.74 bits per heavy atom. The Labute approximate surface area is 209 Å². The SMILES string of the molecule is CCCN(CCC)c1nc(C(C)(C)C)ccc1CNC(=O)C(C)c1ccc(NS(C)(=O)=O)c(F)c1. The summed E-state index contributed by atoms with van der Waals surface area (Å²) in [4.78, 5) is 20.2. The van der Waals surface area contributed by atoms with Crippen molar-refractivity contribution in [1.29, 1.82) is 0 Å². The van der Waals surface area contributed by atoms with Crippen molar-refractivity contribution in [3.8, 4) is 0 Å². The minimum Gasteiger partial charge on any atom is -0.356 e. The molecule has 0 aliphatic carbocycles. The molecule has 0 radical (unpaired) electrons. The van der Waals surface area contributed by atoms with Gasteiger partial charge in [0, 0.05) is 36.3 Å². The van der Waals surface area contributed by atoms with Crippen LogP contribution < -0.4 is 14.9 Å². The molecule has 2 N–H and O–H groups in total. The van der Waals surface area contributed by atoms with Crippen LogP contribution in [0.25, 0.3) is 0 Å². The zero-order valence-corrected chi connectivity index (χ0v) is 22.7. The fourth-order valence-corrected chi connectivity index (χ4v) is 4.31. The molecule has 1 amide bonds. The molecule has 0 bridgehead atoms. The summed E-state index contributed by atoms with van der Waals surface area (Å²) >= 11 is 0. The van der Waals surface area contributed by atoms with Crippen molar-refractivity contribution in [2.75, 3.05) is 29.0 Å². The van der Waals surface area contributed by atoms with Crippen LogP contribution in [-0.2, 0) is 26.8 Å². The number of nitrogens with zero attached hydrogens (tertiary/aromatic N) is 2.